The summed E-state index contributed by atoms with van der Waals surface area (Å²) in [5.74, 6) is 0.556. The molecule has 2 heteroatoms. The summed E-state index contributed by atoms with van der Waals surface area (Å²) in [6.07, 6.45) is 6.86. The van der Waals surface area contributed by atoms with Crippen molar-refractivity contribution in [1.82, 2.24) is 4.98 Å². The number of hydrogen-bond acceptors (Lipinski definition) is 2. The topological polar surface area (TPSA) is 26.0 Å². The van der Waals surface area contributed by atoms with Gasteiger partial charge in [0.25, 0.3) is 0 Å². The van der Waals surface area contributed by atoms with Gasteiger partial charge in [-0.15, -0.1) is 0 Å². The number of rotatable bonds is 4. The second-order valence-corrected chi connectivity index (χ2v) is 3.97. The largest absolute Gasteiger partial charge is 0.444 e. The lowest BCUT2D eigenvalue weighted by molar-refractivity contribution is 0.543. The van der Waals surface area contributed by atoms with Crippen molar-refractivity contribution in [3.05, 3.63) is 73.4 Å². The second kappa shape index (κ2) is 5.32. The summed E-state index contributed by atoms with van der Waals surface area (Å²) in [5, 5.41) is 0. The molecule has 0 unspecified atom stereocenters. The standard InChI is InChI=1S/C16H15NO/c1-4-6-13(5-2)16-17-15(11-18-16)14-9-7-12(3)8-10-14/h4-11H,1-2H2,3H3/b13-6+. The summed E-state index contributed by atoms with van der Waals surface area (Å²) in [7, 11) is 0. The molecule has 0 saturated heterocycles. The van der Waals surface area contributed by atoms with E-state index in [0.29, 0.717) is 5.89 Å². The smallest absolute Gasteiger partial charge is 0.226 e. The van der Waals surface area contributed by atoms with Crippen molar-refractivity contribution in [3.8, 4) is 11.3 Å². The maximum absolute atomic E-state index is 5.46. The lowest BCUT2D eigenvalue weighted by atomic mass is 10.1. The lowest BCUT2D eigenvalue weighted by Gasteiger charge is -1.96. The van der Waals surface area contributed by atoms with Gasteiger partial charge >= 0.3 is 0 Å². The van der Waals surface area contributed by atoms with Crippen LogP contribution in [-0.2, 0) is 0 Å². The minimum Gasteiger partial charge on any atom is -0.444 e. The van der Waals surface area contributed by atoms with E-state index < -0.39 is 0 Å². The first-order chi connectivity index (χ1) is 8.74. The highest BCUT2D eigenvalue weighted by atomic mass is 16.3. The van der Waals surface area contributed by atoms with E-state index in [1.807, 2.05) is 18.2 Å². The second-order valence-electron chi connectivity index (χ2n) is 3.97. The van der Waals surface area contributed by atoms with Gasteiger partial charge in [-0.2, -0.15) is 0 Å². The highest BCUT2D eigenvalue weighted by Crippen LogP contribution is 2.22. The van der Waals surface area contributed by atoms with Crippen molar-refractivity contribution in [2.24, 2.45) is 0 Å². The predicted molar refractivity (Wildman–Crippen MR) is 75.0 cm³/mol. The molecule has 0 aliphatic carbocycles. The molecular weight excluding hydrogens is 222 g/mol. The van der Waals surface area contributed by atoms with Crippen LogP contribution in [0, 0.1) is 6.92 Å². The zero-order valence-electron chi connectivity index (χ0n) is 10.4. The molecule has 0 fully saturated rings. The fraction of sp³-hybridized carbons (Fsp3) is 0.0625. The molecular formula is C16H15NO. The Morgan fingerprint density at radius 2 is 1.94 bits per heavy atom. The third kappa shape index (κ3) is 2.48. The van der Waals surface area contributed by atoms with Crippen LogP contribution in [0.1, 0.15) is 11.5 Å². The van der Waals surface area contributed by atoms with Gasteiger partial charge in [-0.3, -0.25) is 0 Å². The van der Waals surface area contributed by atoms with Gasteiger partial charge in [0.2, 0.25) is 5.89 Å². The van der Waals surface area contributed by atoms with E-state index in [2.05, 4.69) is 37.2 Å². The molecule has 2 aromatic rings. The average molecular weight is 237 g/mol. The van der Waals surface area contributed by atoms with Crippen molar-refractivity contribution >= 4 is 5.57 Å². The fourth-order valence-corrected chi connectivity index (χ4v) is 1.62. The van der Waals surface area contributed by atoms with Gasteiger partial charge in [-0.1, -0.05) is 61.2 Å². The Morgan fingerprint density at radius 1 is 1.22 bits per heavy atom. The predicted octanol–water partition coefficient (Wildman–Crippen LogP) is 4.41. The molecule has 0 aliphatic rings. The molecule has 0 spiro atoms. The maximum Gasteiger partial charge on any atom is 0.226 e. The summed E-state index contributed by atoms with van der Waals surface area (Å²) in [6.45, 7) is 9.44. The monoisotopic (exact) mass is 237 g/mol. The fourth-order valence-electron chi connectivity index (χ4n) is 1.62. The Bertz CT molecular complexity index is 588. The van der Waals surface area contributed by atoms with Crippen LogP contribution in [0.4, 0.5) is 0 Å². The van der Waals surface area contributed by atoms with Crippen molar-refractivity contribution in [2.75, 3.05) is 0 Å². The Hall–Kier alpha value is -2.35. The third-order valence-electron chi connectivity index (χ3n) is 2.62. The molecule has 0 N–H and O–H groups in total. The quantitative estimate of drug-likeness (QED) is 0.736. The SMILES string of the molecule is C=C/C=C(\C=C)c1nc(-c2ccc(C)cc2)co1. The minimum atomic E-state index is 0.556. The Morgan fingerprint density at radius 3 is 2.56 bits per heavy atom. The molecule has 0 amide bonds. The molecule has 90 valence electrons. The van der Waals surface area contributed by atoms with E-state index in [-0.39, 0.29) is 0 Å². The van der Waals surface area contributed by atoms with Crippen LogP contribution in [0.15, 0.2) is 66.3 Å². The van der Waals surface area contributed by atoms with Crippen LogP contribution in [0.5, 0.6) is 0 Å². The number of nitrogens with zero attached hydrogens (tertiary/aromatic N) is 1. The summed E-state index contributed by atoms with van der Waals surface area (Å²) >= 11 is 0. The van der Waals surface area contributed by atoms with Crippen molar-refractivity contribution in [2.45, 2.75) is 6.92 Å². The zero-order chi connectivity index (χ0) is 13.0. The van der Waals surface area contributed by atoms with Crippen LogP contribution in [0.2, 0.25) is 0 Å². The van der Waals surface area contributed by atoms with Crippen molar-refractivity contribution < 1.29 is 4.42 Å². The van der Waals surface area contributed by atoms with Crippen LogP contribution in [-0.4, -0.2) is 4.98 Å². The number of aromatic nitrogens is 1. The first-order valence-electron chi connectivity index (χ1n) is 5.72. The number of aryl methyl sites for hydroxylation is 1. The van der Waals surface area contributed by atoms with Crippen LogP contribution < -0.4 is 0 Å². The normalized spacial score (nSPS) is 11.3. The van der Waals surface area contributed by atoms with E-state index in [1.165, 1.54) is 5.56 Å². The van der Waals surface area contributed by atoms with E-state index in [0.717, 1.165) is 16.8 Å². The van der Waals surface area contributed by atoms with E-state index >= 15 is 0 Å². The molecule has 1 aromatic carbocycles. The molecule has 2 rings (SSSR count). The highest BCUT2D eigenvalue weighted by Gasteiger charge is 2.07. The summed E-state index contributed by atoms with van der Waals surface area (Å²) in [6, 6.07) is 8.17. The Labute approximate surface area is 107 Å². The van der Waals surface area contributed by atoms with E-state index in [9.17, 15) is 0 Å². The van der Waals surface area contributed by atoms with Gasteiger partial charge in [0.05, 0.1) is 0 Å². The van der Waals surface area contributed by atoms with Crippen LogP contribution >= 0.6 is 0 Å². The van der Waals surface area contributed by atoms with Gasteiger partial charge < -0.3 is 4.42 Å². The molecule has 1 heterocycles. The Kier molecular flexibility index (Phi) is 3.58. The highest BCUT2D eigenvalue weighted by molar-refractivity contribution is 5.71. The molecule has 0 atom stereocenters. The number of hydrogen-bond donors (Lipinski definition) is 0. The van der Waals surface area contributed by atoms with Crippen molar-refractivity contribution in [3.63, 3.8) is 0 Å². The molecule has 0 aliphatic heterocycles. The van der Waals surface area contributed by atoms with Gasteiger partial charge in [0.15, 0.2) is 0 Å². The van der Waals surface area contributed by atoms with Crippen molar-refractivity contribution in [1.29, 1.82) is 0 Å². The molecule has 18 heavy (non-hydrogen) atoms. The average Bonchev–Trinajstić information content (AvgIpc) is 2.86. The van der Waals surface area contributed by atoms with Gasteiger partial charge in [-0.05, 0) is 6.92 Å². The summed E-state index contributed by atoms with van der Waals surface area (Å²) in [4.78, 5) is 4.45. The van der Waals surface area contributed by atoms with E-state index in [1.54, 1.807) is 18.4 Å². The maximum atomic E-state index is 5.46. The first kappa shape index (κ1) is 12.1. The van der Waals surface area contributed by atoms with Gasteiger partial charge in [0.1, 0.15) is 12.0 Å². The van der Waals surface area contributed by atoms with Gasteiger partial charge in [-0.25, -0.2) is 4.98 Å². The van der Waals surface area contributed by atoms with Gasteiger partial charge in [0, 0.05) is 11.1 Å². The molecule has 0 saturated carbocycles. The van der Waals surface area contributed by atoms with E-state index in [4.69, 9.17) is 4.42 Å². The number of oxazole rings is 1. The number of allylic oxidation sites excluding steroid dienone is 4. The minimum absolute atomic E-state index is 0.556. The summed E-state index contributed by atoms with van der Waals surface area (Å²) in [5.41, 5.74) is 3.91. The first-order valence-corrected chi connectivity index (χ1v) is 5.72. The summed E-state index contributed by atoms with van der Waals surface area (Å²) < 4.78 is 5.46. The van der Waals surface area contributed by atoms with Crippen LogP contribution in [0.3, 0.4) is 0 Å². The molecule has 2 nitrogen and oxygen atoms in total. The molecule has 0 radical (unpaired) electrons. The van der Waals surface area contributed by atoms with Crippen LogP contribution in [0.25, 0.3) is 16.8 Å². The molecule has 0 bridgehead atoms. The lowest BCUT2D eigenvalue weighted by Crippen LogP contribution is -1.82. The zero-order valence-corrected chi connectivity index (χ0v) is 10.4. The third-order valence-corrected chi connectivity index (χ3v) is 2.62. The molecule has 1 aromatic heterocycles. The Balaban J connectivity index is 2.35. The number of benzene rings is 1.